The van der Waals surface area contributed by atoms with Crippen LogP contribution in [0.1, 0.15) is 11.8 Å². The summed E-state index contributed by atoms with van der Waals surface area (Å²) >= 11 is 0.993. The lowest BCUT2D eigenvalue weighted by molar-refractivity contribution is 0.256. The van der Waals surface area contributed by atoms with E-state index >= 15 is 0 Å². The zero-order valence-electron chi connectivity index (χ0n) is 18.5. The molecule has 0 fully saturated rings. The molecule has 0 bridgehead atoms. The van der Waals surface area contributed by atoms with Gasteiger partial charge in [0.15, 0.2) is 0 Å². The van der Waals surface area contributed by atoms with Crippen molar-refractivity contribution < 1.29 is 17.6 Å². The predicted octanol–water partition coefficient (Wildman–Crippen LogP) is 3.13. The Labute approximate surface area is 202 Å². The van der Waals surface area contributed by atoms with Gasteiger partial charge in [0.2, 0.25) is 0 Å². The molecule has 0 unspecified atom stereocenters. The number of nitrogens with one attached hydrogen (secondary N) is 4. The third-order valence-electron chi connectivity index (χ3n) is 4.93. The molecule has 0 saturated heterocycles. The number of hydrogen-bond donors (Lipinski definition) is 4. The van der Waals surface area contributed by atoms with E-state index in [1.54, 1.807) is 25.1 Å². The van der Waals surface area contributed by atoms with Gasteiger partial charge in [0.1, 0.15) is 10.0 Å². The van der Waals surface area contributed by atoms with E-state index in [2.05, 4.69) is 15.6 Å². The van der Waals surface area contributed by atoms with Gasteiger partial charge in [-0.3, -0.25) is 4.79 Å². The number of thiophene rings is 1. The Morgan fingerprint density at radius 2 is 1.83 bits per heavy atom. The lowest BCUT2D eigenvalue weighted by Crippen LogP contribution is -2.35. The third-order valence-corrected chi connectivity index (χ3v) is 7.76. The molecule has 0 radical (unpaired) electrons. The molecule has 13 heteroatoms. The minimum Gasteiger partial charge on any atom is -0.385 e. The number of urea groups is 1. The number of carbonyl (C=O) groups excluding carboxylic acids is 1. The van der Waals surface area contributed by atoms with Crippen molar-refractivity contribution in [3.63, 3.8) is 0 Å². The smallest absolute Gasteiger partial charge is 0.333 e. The first-order valence-corrected chi connectivity index (χ1v) is 12.6. The van der Waals surface area contributed by atoms with Crippen LogP contribution in [-0.2, 0) is 10.0 Å². The average molecular weight is 518 g/mol. The molecule has 4 aromatic rings. The van der Waals surface area contributed by atoms with E-state index in [1.165, 1.54) is 18.2 Å². The first-order chi connectivity index (χ1) is 16.6. The second-order valence-electron chi connectivity index (χ2n) is 7.45. The average Bonchev–Trinajstić information content (AvgIpc) is 3.22. The van der Waals surface area contributed by atoms with Gasteiger partial charge in [-0.05, 0) is 62.4 Å². The number of aryl methyl sites for hydroxylation is 1. The number of aromatic nitrogens is 2. The van der Waals surface area contributed by atoms with Gasteiger partial charge in [-0.15, -0.1) is 11.3 Å². The Morgan fingerprint density at radius 1 is 1.09 bits per heavy atom. The Balaban J connectivity index is 1.61. The van der Waals surface area contributed by atoms with Crippen LogP contribution in [0.5, 0.6) is 0 Å². The molecule has 0 aliphatic heterocycles. The van der Waals surface area contributed by atoms with E-state index < -0.39 is 33.1 Å². The number of carbonyl (C=O) groups is 1. The van der Waals surface area contributed by atoms with Crippen molar-refractivity contribution in [2.24, 2.45) is 0 Å². The third kappa shape index (κ3) is 4.95. The second-order valence-corrected chi connectivity index (χ2v) is 10.6. The summed E-state index contributed by atoms with van der Waals surface area (Å²) in [5, 5.41) is 5.48. The maximum absolute atomic E-state index is 14.9. The van der Waals surface area contributed by atoms with Gasteiger partial charge in [-0.1, -0.05) is 0 Å². The number of halogens is 1. The SMILES string of the molecule is CCNc1ccc2c(=O)n(-c3ccc(NC(=O)NS(=O)(=O)c4ccc(C)s4)cc3F)c(=O)[nH]c2c1. The first-order valence-electron chi connectivity index (χ1n) is 10.3. The standard InChI is InChI=1S/C22H20FN5O5S2/c1-3-24-13-5-7-15-17(11-13)26-22(31)28(20(15)29)18-8-6-14(10-16(18)23)25-21(30)27-35(32,33)19-9-4-12(2)34-19/h4-11,24H,3H2,1-2H3,(H,26,31)(H2,25,27,30). The van der Waals surface area contributed by atoms with E-state index in [-0.39, 0.29) is 21.0 Å². The molecule has 0 saturated carbocycles. The van der Waals surface area contributed by atoms with Gasteiger partial charge in [0.05, 0.1) is 16.6 Å². The number of fused-ring (bicyclic) bond motifs is 1. The molecule has 2 aromatic heterocycles. The highest BCUT2D eigenvalue weighted by Crippen LogP contribution is 2.21. The molecule has 0 aliphatic carbocycles. The van der Waals surface area contributed by atoms with E-state index in [4.69, 9.17) is 0 Å². The summed E-state index contributed by atoms with van der Waals surface area (Å²) in [6.07, 6.45) is 0. The van der Waals surface area contributed by atoms with E-state index in [1.807, 2.05) is 11.6 Å². The van der Waals surface area contributed by atoms with E-state index in [0.717, 1.165) is 28.3 Å². The number of aromatic amines is 1. The van der Waals surface area contributed by atoms with Crippen LogP contribution >= 0.6 is 11.3 Å². The van der Waals surface area contributed by atoms with Crippen LogP contribution in [0.4, 0.5) is 20.6 Å². The lowest BCUT2D eigenvalue weighted by Gasteiger charge is -2.11. The Hall–Kier alpha value is -3.97. The molecule has 0 atom stereocenters. The Kier molecular flexibility index (Phi) is 6.45. The topological polar surface area (TPSA) is 142 Å². The number of rotatable bonds is 6. The number of nitrogens with zero attached hydrogens (tertiary/aromatic N) is 1. The molecule has 4 rings (SSSR count). The van der Waals surface area contributed by atoms with Crippen LogP contribution < -0.4 is 26.6 Å². The maximum Gasteiger partial charge on any atom is 0.333 e. The van der Waals surface area contributed by atoms with Gasteiger partial charge in [0.25, 0.3) is 15.6 Å². The molecule has 0 spiro atoms. The molecule has 4 N–H and O–H groups in total. The monoisotopic (exact) mass is 517 g/mol. The fraction of sp³-hybridized carbons (Fsp3) is 0.136. The summed E-state index contributed by atoms with van der Waals surface area (Å²) in [4.78, 5) is 41.0. The summed E-state index contributed by atoms with van der Waals surface area (Å²) < 4.78 is 41.9. The van der Waals surface area contributed by atoms with Crippen molar-refractivity contribution in [3.8, 4) is 5.69 Å². The number of anilines is 2. The van der Waals surface area contributed by atoms with E-state index in [0.29, 0.717) is 22.3 Å². The minimum absolute atomic E-state index is 0.0424. The molecule has 10 nitrogen and oxygen atoms in total. The second kappa shape index (κ2) is 9.35. The first kappa shape index (κ1) is 24.2. The van der Waals surface area contributed by atoms with Gasteiger partial charge in [0, 0.05) is 22.8 Å². The largest absolute Gasteiger partial charge is 0.385 e. The summed E-state index contributed by atoms with van der Waals surface area (Å²) in [5.41, 5.74) is -0.966. The summed E-state index contributed by atoms with van der Waals surface area (Å²) in [5.74, 6) is -0.976. The number of hydrogen-bond acceptors (Lipinski definition) is 7. The summed E-state index contributed by atoms with van der Waals surface area (Å²) in [6, 6.07) is 9.93. The number of sulfonamides is 1. The molecule has 2 amide bonds. The van der Waals surface area contributed by atoms with Crippen LogP contribution in [0.3, 0.4) is 0 Å². The van der Waals surface area contributed by atoms with Crippen LogP contribution in [0.2, 0.25) is 0 Å². The lowest BCUT2D eigenvalue weighted by atomic mass is 10.2. The highest BCUT2D eigenvalue weighted by Gasteiger charge is 2.20. The van der Waals surface area contributed by atoms with Crippen molar-refractivity contribution in [1.29, 1.82) is 0 Å². The normalized spacial score (nSPS) is 11.4. The molecular formula is C22H20FN5O5S2. The van der Waals surface area contributed by atoms with Gasteiger partial charge in [-0.2, -0.15) is 0 Å². The van der Waals surface area contributed by atoms with Crippen LogP contribution in [0.15, 0.2) is 62.3 Å². The van der Waals surface area contributed by atoms with E-state index in [9.17, 15) is 27.2 Å². The molecule has 35 heavy (non-hydrogen) atoms. The Bertz CT molecular complexity index is 1670. The van der Waals surface area contributed by atoms with Gasteiger partial charge in [-0.25, -0.2) is 31.7 Å². The predicted molar refractivity (Wildman–Crippen MR) is 133 cm³/mol. The van der Waals surface area contributed by atoms with Crippen LogP contribution in [0, 0.1) is 12.7 Å². The quantitative estimate of drug-likeness (QED) is 0.310. The minimum atomic E-state index is -4.09. The van der Waals surface area contributed by atoms with Crippen molar-refractivity contribution in [1.82, 2.24) is 14.3 Å². The molecule has 2 heterocycles. The number of benzene rings is 2. The van der Waals surface area contributed by atoms with Crippen molar-refractivity contribution in [3.05, 3.63) is 80.1 Å². The fourth-order valence-corrected chi connectivity index (χ4v) is 5.59. The zero-order chi connectivity index (χ0) is 25.3. The van der Waals surface area contributed by atoms with Crippen LogP contribution in [0.25, 0.3) is 16.6 Å². The van der Waals surface area contributed by atoms with Gasteiger partial charge >= 0.3 is 11.7 Å². The summed E-state index contributed by atoms with van der Waals surface area (Å²) in [7, 11) is -4.09. The molecule has 0 aliphatic rings. The number of H-pyrrole nitrogens is 1. The van der Waals surface area contributed by atoms with Crippen molar-refractivity contribution in [2.75, 3.05) is 17.2 Å². The molecule has 182 valence electrons. The zero-order valence-corrected chi connectivity index (χ0v) is 20.1. The number of amides is 2. The van der Waals surface area contributed by atoms with Crippen LogP contribution in [-0.4, -0.2) is 30.5 Å². The van der Waals surface area contributed by atoms with Gasteiger partial charge < -0.3 is 15.6 Å². The molecule has 2 aromatic carbocycles. The van der Waals surface area contributed by atoms with Crippen molar-refractivity contribution in [2.45, 2.75) is 18.1 Å². The Morgan fingerprint density at radius 3 is 2.49 bits per heavy atom. The molecular weight excluding hydrogens is 497 g/mol. The fourth-order valence-electron chi connectivity index (χ4n) is 3.40. The maximum atomic E-state index is 14.9. The highest BCUT2D eigenvalue weighted by atomic mass is 32.2. The van der Waals surface area contributed by atoms with Crippen molar-refractivity contribution >= 4 is 49.7 Å². The highest BCUT2D eigenvalue weighted by molar-refractivity contribution is 7.92. The summed E-state index contributed by atoms with van der Waals surface area (Å²) in [6.45, 7) is 4.27.